The van der Waals surface area contributed by atoms with Crippen LogP contribution in [0.1, 0.15) is 104 Å². The number of aliphatic hydroxyl groups excluding tert-OH is 2. The predicted octanol–water partition coefficient (Wildman–Crippen LogP) is 4.44. The second kappa shape index (κ2) is 19.8. The van der Waals surface area contributed by atoms with E-state index in [2.05, 4.69) is 48.0 Å². The number of rotatable bonds is 22. The topological polar surface area (TPSA) is 160 Å². The lowest BCUT2D eigenvalue weighted by molar-refractivity contribution is -0.147. The second-order valence-corrected chi connectivity index (χ2v) is 14.6. The van der Waals surface area contributed by atoms with Crippen molar-refractivity contribution in [2.24, 2.45) is 41.2 Å². The molecule has 2 aliphatic carbocycles. The molecule has 9 atom stereocenters. The van der Waals surface area contributed by atoms with Gasteiger partial charge in [-0.3, -0.25) is 4.79 Å². The molecule has 9 nitrogen and oxygen atoms in total. The van der Waals surface area contributed by atoms with Crippen molar-refractivity contribution in [3.8, 4) is 0 Å². The molecule has 0 aromatic rings. The van der Waals surface area contributed by atoms with Crippen molar-refractivity contribution >= 4 is 5.97 Å². The van der Waals surface area contributed by atoms with Gasteiger partial charge in [0.05, 0.1) is 29.5 Å². The Kier molecular flexibility index (Phi) is 16.6. The van der Waals surface area contributed by atoms with Crippen LogP contribution < -0.4 is 21.7 Å². The number of carboxylic acid groups (broad SMARTS) is 1. The minimum Gasteiger partial charge on any atom is -0.481 e. The van der Waals surface area contributed by atoms with Crippen LogP contribution in [0, 0.1) is 35.5 Å². The van der Waals surface area contributed by atoms with E-state index in [9.17, 15) is 25.2 Å². The molecule has 1 fully saturated rings. The molecular weight excluding hydrogens is 580 g/mol. The Hall–Kier alpha value is -1.91. The third kappa shape index (κ3) is 12.0. The van der Waals surface area contributed by atoms with Crippen molar-refractivity contribution in [3.05, 3.63) is 35.7 Å². The van der Waals surface area contributed by atoms with Gasteiger partial charge in [0.15, 0.2) is 0 Å². The molecule has 1 heterocycles. The molecule has 1 saturated carbocycles. The maximum Gasteiger partial charge on any atom is 0.309 e. The molecule has 0 saturated heterocycles. The number of unbranched alkanes of at least 4 members (excludes halogenated alkanes) is 4. The zero-order valence-corrected chi connectivity index (χ0v) is 28.9. The predicted molar refractivity (Wildman–Crippen MR) is 186 cm³/mol. The molecule has 46 heavy (non-hydrogen) atoms. The molecule has 9 N–H and O–H groups in total. The molecule has 1 aliphatic heterocycles. The van der Waals surface area contributed by atoms with Gasteiger partial charge in [-0.15, -0.1) is 0 Å². The first-order valence-electron chi connectivity index (χ1n) is 18.3. The van der Waals surface area contributed by atoms with Crippen LogP contribution in [0.25, 0.3) is 0 Å². The average molecular weight is 647 g/mol. The lowest BCUT2D eigenvalue weighted by atomic mass is 9.78. The van der Waals surface area contributed by atoms with Gasteiger partial charge in [0, 0.05) is 24.9 Å². The second-order valence-electron chi connectivity index (χ2n) is 14.6. The van der Waals surface area contributed by atoms with Crippen LogP contribution in [0.3, 0.4) is 0 Å². The van der Waals surface area contributed by atoms with Crippen LogP contribution in [0.4, 0.5) is 0 Å². The van der Waals surface area contributed by atoms with Crippen molar-refractivity contribution < 1.29 is 25.2 Å². The first-order valence-corrected chi connectivity index (χ1v) is 18.3. The molecule has 9 unspecified atom stereocenters. The number of aliphatic carboxylic acids is 1. The molecule has 0 aromatic heterocycles. The first kappa shape index (κ1) is 38.5. The van der Waals surface area contributed by atoms with Crippen molar-refractivity contribution in [3.63, 3.8) is 0 Å². The smallest absolute Gasteiger partial charge is 0.309 e. The Morgan fingerprint density at radius 1 is 1.11 bits per heavy atom. The van der Waals surface area contributed by atoms with Crippen LogP contribution >= 0.6 is 0 Å². The average Bonchev–Trinajstić information content (AvgIpc) is 3.33. The van der Waals surface area contributed by atoms with Gasteiger partial charge < -0.3 is 42.1 Å². The van der Waals surface area contributed by atoms with Crippen molar-refractivity contribution in [2.75, 3.05) is 33.2 Å². The van der Waals surface area contributed by atoms with Gasteiger partial charge in [0.2, 0.25) is 0 Å². The molecule has 264 valence electrons. The van der Waals surface area contributed by atoms with E-state index in [4.69, 9.17) is 5.73 Å². The Bertz CT molecular complexity index is 1000. The quantitative estimate of drug-likeness (QED) is 0.0628. The molecule has 0 amide bonds. The highest BCUT2D eigenvalue weighted by Gasteiger charge is 2.49. The third-order valence-electron chi connectivity index (χ3n) is 11.0. The van der Waals surface area contributed by atoms with E-state index in [1.807, 2.05) is 13.1 Å². The Morgan fingerprint density at radius 2 is 1.87 bits per heavy atom. The number of aliphatic hydroxyl groups is 3. The van der Waals surface area contributed by atoms with Crippen molar-refractivity contribution in [1.82, 2.24) is 16.0 Å². The summed E-state index contributed by atoms with van der Waals surface area (Å²) in [5.41, 5.74) is 6.21. The van der Waals surface area contributed by atoms with Crippen LogP contribution in [0.5, 0.6) is 0 Å². The van der Waals surface area contributed by atoms with Gasteiger partial charge in [-0.2, -0.15) is 0 Å². The number of carbonyl (C=O) groups is 1. The highest BCUT2D eigenvalue weighted by Crippen LogP contribution is 2.47. The number of hydrogen-bond acceptors (Lipinski definition) is 8. The van der Waals surface area contributed by atoms with E-state index in [-0.39, 0.29) is 36.2 Å². The van der Waals surface area contributed by atoms with Crippen LogP contribution in [0.2, 0.25) is 0 Å². The van der Waals surface area contributed by atoms with E-state index in [0.717, 1.165) is 51.6 Å². The molecule has 0 aromatic carbocycles. The highest BCUT2D eigenvalue weighted by molar-refractivity contribution is 5.70. The summed E-state index contributed by atoms with van der Waals surface area (Å²) in [4.78, 5) is 12.3. The minimum atomic E-state index is -1.03. The summed E-state index contributed by atoms with van der Waals surface area (Å²) < 4.78 is 0. The lowest BCUT2D eigenvalue weighted by Gasteiger charge is -2.36. The number of allylic oxidation sites excluding steroid dienone is 3. The standard InChI is InChI=1S/C37H66N4O5/c1-4-6-8-11-26-14-15-28(33(42)19-26)12-9-7-10-13-32(36(44)45)34(43)21-31(25-39-3)37(46)22-29(30(23-37)24-40-5-2)18-27-16-17-41-35(38)20-27/h14-16,20,26,28-34,39-43,46H,4-13,17-19,21-25,38H2,1-3H3,(H,44,45). The summed E-state index contributed by atoms with van der Waals surface area (Å²) in [6.45, 7) is 7.18. The zero-order valence-electron chi connectivity index (χ0n) is 28.9. The maximum absolute atomic E-state index is 12.3. The molecule has 9 heteroatoms. The maximum atomic E-state index is 12.3. The fraction of sp³-hybridized carbons (Fsp3) is 0.811. The van der Waals surface area contributed by atoms with E-state index < -0.39 is 23.6 Å². The van der Waals surface area contributed by atoms with Gasteiger partial charge in [-0.05, 0) is 101 Å². The number of nitrogens with two attached hydrogens (primary N) is 1. The number of hydrogen-bond donors (Lipinski definition) is 8. The van der Waals surface area contributed by atoms with Gasteiger partial charge in [-0.25, -0.2) is 0 Å². The van der Waals surface area contributed by atoms with Gasteiger partial charge >= 0.3 is 5.97 Å². The van der Waals surface area contributed by atoms with Crippen LogP contribution in [-0.2, 0) is 4.79 Å². The molecule has 0 bridgehead atoms. The molecule has 3 rings (SSSR count). The van der Waals surface area contributed by atoms with E-state index in [1.165, 1.54) is 24.8 Å². The molecular formula is C37H66N4O5. The summed E-state index contributed by atoms with van der Waals surface area (Å²) in [5.74, 6) is -0.250. The molecule has 0 radical (unpaired) electrons. The lowest BCUT2D eigenvalue weighted by Crippen LogP contribution is -2.44. The summed E-state index contributed by atoms with van der Waals surface area (Å²) in [5, 5.41) is 54.0. The van der Waals surface area contributed by atoms with Crippen LogP contribution in [0.15, 0.2) is 35.7 Å². The minimum absolute atomic E-state index is 0.178. The van der Waals surface area contributed by atoms with Gasteiger partial charge in [0.25, 0.3) is 0 Å². The van der Waals surface area contributed by atoms with E-state index in [0.29, 0.717) is 50.5 Å². The van der Waals surface area contributed by atoms with Gasteiger partial charge in [-0.1, -0.05) is 70.6 Å². The Morgan fingerprint density at radius 3 is 2.54 bits per heavy atom. The molecule has 3 aliphatic rings. The van der Waals surface area contributed by atoms with Crippen molar-refractivity contribution in [1.29, 1.82) is 0 Å². The summed E-state index contributed by atoms with van der Waals surface area (Å²) in [7, 11) is 1.85. The molecule has 0 spiro atoms. The van der Waals surface area contributed by atoms with Gasteiger partial charge in [0.1, 0.15) is 0 Å². The Labute approximate surface area is 278 Å². The van der Waals surface area contributed by atoms with E-state index >= 15 is 0 Å². The number of dihydropyridines is 1. The fourth-order valence-electron chi connectivity index (χ4n) is 8.27. The monoisotopic (exact) mass is 647 g/mol. The fourth-order valence-corrected chi connectivity index (χ4v) is 8.27. The van der Waals surface area contributed by atoms with Crippen LogP contribution in [-0.4, -0.2) is 77.4 Å². The summed E-state index contributed by atoms with van der Waals surface area (Å²) in [6, 6.07) is 0. The first-order chi connectivity index (χ1) is 22.1. The third-order valence-corrected chi connectivity index (χ3v) is 11.0. The normalized spacial score (nSPS) is 29.9. The highest BCUT2D eigenvalue weighted by atomic mass is 16.4. The Balaban J connectivity index is 1.53. The van der Waals surface area contributed by atoms with Crippen molar-refractivity contribution in [2.45, 2.75) is 122 Å². The SMILES string of the molecule is CCCCCC1C=CC(CCCCCC(C(=O)O)C(O)CC(CNC)C2(O)CC(CNCC)C(CC3=CCNC(N)=C3)C2)C(O)C1. The zero-order chi connectivity index (χ0) is 33.5. The van der Waals surface area contributed by atoms with E-state index in [1.54, 1.807) is 0 Å². The summed E-state index contributed by atoms with van der Waals surface area (Å²) in [6.07, 6.45) is 19.1. The largest absolute Gasteiger partial charge is 0.481 e. The number of carboxylic acids is 1. The summed E-state index contributed by atoms with van der Waals surface area (Å²) >= 11 is 0. The number of nitrogens with one attached hydrogen (secondary N) is 3.